The van der Waals surface area contributed by atoms with E-state index in [1.807, 2.05) is 0 Å². The SMILES string of the molecule is CCC(C)CN(C)CC1CC(C)CCC1=O. The lowest BCUT2D eigenvalue weighted by Gasteiger charge is -2.30. The van der Waals surface area contributed by atoms with Gasteiger partial charge in [0.1, 0.15) is 5.78 Å². The second-order valence-electron chi connectivity index (χ2n) is 5.78. The highest BCUT2D eigenvalue weighted by atomic mass is 16.1. The maximum atomic E-state index is 11.8. The molecule has 0 radical (unpaired) electrons. The number of hydrogen-bond donors (Lipinski definition) is 0. The summed E-state index contributed by atoms with van der Waals surface area (Å²) < 4.78 is 0. The van der Waals surface area contributed by atoms with Crippen LogP contribution in [0.15, 0.2) is 0 Å². The van der Waals surface area contributed by atoms with Crippen molar-refractivity contribution < 1.29 is 4.79 Å². The molecule has 0 aromatic carbocycles. The molecule has 1 aliphatic rings. The summed E-state index contributed by atoms with van der Waals surface area (Å²) in [6, 6.07) is 0. The van der Waals surface area contributed by atoms with E-state index in [1.54, 1.807) is 0 Å². The summed E-state index contributed by atoms with van der Waals surface area (Å²) in [7, 11) is 2.15. The Balaban J connectivity index is 2.36. The van der Waals surface area contributed by atoms with Crippen molar-refractivity contribution in [1.29, 1.82) is 0 Å². The van der Waals surface area contributed by atoms with Gasteiger partial charge < -0.3 is 4.90 Å². The lowest BCUT2D eigenvalue weighted by Crippen LogP contribution is -2.36. The second kappa shape index (κ2) is 6.39. The third-order valence-electron chi connectivity index (χ3n) is 3.88. The highest BCUT2D eigenvalue weighted by Gasteiger charge is 2.27. The average Bonchev–Trinajstić information content (AvgIpc) is 2.23. The molecule has 94 valence electrons. The predicted octanol–water partition coefficient (Wildman–Crippen LogP) is 2.97. The van der Waals surface area contributed by atoms with Crippen molar-refractivity contribution in [2.24, 2.45) is 17.8 Å². The smallest absolute Gasteiger partial charge is 0.137 e. The average molecular weight is 225 g/mol. The molecule has 0 spiro atoms. The minimum absolute atomic E-state index is 0.304. The standard InChI is InChI=1S/C14H27NO/c1-5-11(2)9-15(4)10-13-8-12(3)6-7-14(13)16/h11-13H,5-10H2,1-4H3. The Morgan fingerprint density at radius 1 is 1.50 bits per heavy atom. The van der Waals surface area contributed by atoms with Crippen LogP contribution in [-0.2, 0) is 4.79 Å². The van der Waals surface area contributed by atoms with E-state index in [9.17, 15) is 4.79 Å². The Hall–Kier alpha value is -0.370. The summed E-state index contributed by atoms with van der Waals surface area (Å²) in [5.41, 5.74) is 0. The fourth-order valence-corrected chi connectivity index (χ4v) is 2.62. The van der Waals surface area contributed by atoms with Crippen molar-refractivity contribution in [2.75, 3.05) is 20.1 Å². The third kappa shape index (κ3) is 4.25. The molecule has 0 N–H and O–H groups in total. The number of rotatable bonds is 5. The minimum atomic E-state index is 0.304. The number of nitrogens with zero attached hydrogens (tertiary/aromatic N) is 1. The van der Waals surface area contributed by atoms with Crippen LogP contribution in [0, 0.1) is 17.8 Å². The zero-order chi connectivity index (χ0) is 12.1. The van der Waals surface area contributed by atoms with Gasteiger partial charge in [-0.05, 0) is 31.7 Å². The highest BCUT2D eigenvalue weighted by molar-refractivity contribution is 5.81. The van der Waals surface area contributed by atoms with Gasteiger partial charge in [-0.2, -0.15) is 0 Å². The van der Waals surface area contributed by atoms with E-state index >= 15 is 0 Å². The van der Waals surface area contributed by atoms with Crippen LogP contribution in [0.5, 0.6) is 0 Å². The molecule has 0 saturated heterocycles. The number of ketones is 1. The molecule has 16 heavy (non-hydrogen) atoms. The normalized spacial score (nSPS) is 28.4. The lowest BCUT2D eigenvalue weighted by molar-refractivity contribution is -0.126. The zero-order valence-corrected chi connectivity index (χ0v) is 11.3. The monoisotopic (exact) mass is 225 g/mol. The van der Waals surface area contributed by atoms with Crippen molar-refractivity contribution in [3.63, 3.8) is 0 Å². The number of Topliss-reactive ketones (excluding diaryl/α,β-unsaturated/α-hetero) is 1. The van der Waals surface area contributed by atoms with Gasteiger partial charge in [-0.3, -0.25) is 4.79 Å². The fraction of sp³-hybridized carbons (Fsp3) is 0.929. The first kappa shape index (κ1) is 13.7. The summed E-state index contributed by atoms with van der Waals surface area (Å²) in [4.78, 5) is 14.1. The van der Waals surface area contributed by atoms with Gasteiger partial charge in [0.25, 0.3) is 0 Å². The largest absolute Gasteiger partial charge is 0.305 e. The van der Waals surface area contributed by atoms with Gasteiger partial charge in [0, 0.05) is 25.4 Å². The first-order chi connectivity index (χ1) is 7.52. The van der Waals surface area contributed by atoms with Crippen molar-refractivity contribution >= 4 is 5.78 Å². The molecular weight excluding hydrogens is 198 g/mol. The van der Waals surface area contributed by atoms with Crippen LogP contribution in [-0.4, -0.2) is 30.8 Å². The maximum Gasteiger partial charge on any atom is 0.137 e. The van der Waals surface area contributed by atoms with E-state index in [-0.39, 0.29) is 0 Å². The first-order valence-electron chi connectivity index (χ1n) is 6.74. The molecule has 1 saturated carbocycles. The summed E-state index contributed by atoms with van der Waals surface area (Å²) in [6.07, 6.45) is 4.23. The molecule has 2 heteroatoms. The number of carbonyl (C=O) groups is 1. The van der Waals surface area contributed by atoms with Crippen LogP contribution in [0.4, 0.5) is 0 Å². The number of hydrogen-bond acceptors (Lipinski definition) is 2. The summed E-state index contributed by atoms with van der Waals surface area (Å²) in [5, 5.41) is 0. The Morgan fingerprint density at radius 2 is 2.19 bits per heavy atom. The molecule has 0 heterocycles. The lowest BCUT2D eigenvalue weighted by atomic mass is 9.81. The third-order valence-corrected chi connectivity index (χ3v) is 3.88. The van der Waals surface area contributed by atoms with Crippen LogP contribution in [0.25, 0.3) is 0 Å². The predicted molar refractivity (Wildman–Crippen MR) is 68.5 cm³/mol. The first-order valence-corrected chi connectivity index (χ1v) is 6.74. The van der Waals surface area contributed by atoms with Crippen molar-refractivity contribution in [2.45, 2.75) is 46.5 Å². The molecule has 0 bridgehead atoms. The molecule has 0 aromatic rings. The summed E-state index contributed by atoms with van der Waals surface area (Å²) >= 11 is 0. The zero-order valence-electron chi connectivity index (χ0n) is 11.3. The van der Waals surface area contributed by atoms with Gasteiger partial charge in [-0.25, -0.2) is 0 Å². The molecule has 0 amide bonds. The van der Waals surface area contributed by atoms with Gasteiger partial charge in [0.15, 0.2) is 0 Å². The van der Waals surface area contributed by atoms with Gasteiger partial charge in [0.05, 0.1) is 0 Å². The Morgan fingerprint density at radius 3 is 2.81 bits per heavy atom. The Labute approximate surface area is 100 Å². The van der Waals surface area contributed by atoms with Crippen molar-refractivity contribution in [3.05, 3.63) is 0 Å². The van der Waals surface area contributed by atoms with E-state index in [4.69, 9.17) is 0 Å². The molecule has 0 aliphatic heterocycles. The van der Waals surface area contributed by atoms with Gasteiger partial charge >= 0.3 is 0 Å². The van der Waals surface area contributed by atoms with E-state index < -0.39 is 0 Å². The van der Waals surface area contributed by atoms with Crippen LogP contribution in [0.3, 0.4) is 0 Å². The Kier molecular flexibility index (Phi) is 5.47. The minimum Gasteiger partial charge on any atom is -0.305 e. The molecule has 2 nitrogen and oxygen atoms in total. The highest BCUT2D eigenvalue weighted by Crippen LogP contribution is 2.26. The van der Waals surface area contributed by atoms with Crippen LogP contribution in [0.1, 0.15) is 46.5 Å². The molecule has 1 aliphatic carbocycles. The van der Waals surface area contributed by atoms with E-state index in [0.717, 1.165) is 44.2 Å². The van der Waals surface area contributed by atoms with E-state index in [2.05, 4.69) is 32.7 Å². The van der Waals surface area contributed by atoms with Gasteiger partial charge in [-0.15, -0.1) is 0 Å². The maximum absolute atomic E-state index is 11.8. The fourth-order valence-electron chi connectivity index (χ4n) is 2.62. The van der Waals surface area contributed by atoms with Gasteiger partial charge in [-0.1, -0.05) is 27.2 Å². The molecule has 1 fully saturated rings. The Bertz CT molecular complexity index is 227. The van der Waals surface area contributed by atoms with Crippen LogP contribution < -0.4 is 0 Å². The molecular formula is C14H27NO. The van der Waals surface area contributed by atoms with Crippen LogP contribution in [0.2, 0.25) is 0 Å². The molecule has 1 rings (SSSR count). The van der Waals surface area contributed by atoms with E-state index in [1.165, 1.54) is 6.42 Å². The number of carbonyl (C=O) groups excluding carboxylic acids is 1. The van der Waals surface area contributed by atoms with Crippen molar-refractivity contribution in [1.82, 2.24) is 4.90 Å². The summed E-state index contributed by atoms with van der Waals surface area (Å²) in [6.45, 7) is 8.87. The summed E-state index contributed by atoms with van der Waals surface area (Å²) in [5.74, 6) is 2.27. The van der Waals surface area contributed by atoms with Crippen molar-refractivity contribution in [3.8, 4) is 0 Å². The second-order valence-corrected chi connectivity index (χ2v) is 5.78. The molecule has 3 unspecified atom stereocenters. The topological polar surface area (TPSA) is 20.3 Å². The van der Waals surface area contributed by atoms with Crippen LogP contribution >= 0.6 is 0 Å². The molecule has 0 aromatic heterocycles. The molecule has 3 atom stereocenters. The van der Waals surface area contributed by atoms with E-state index in [0.29, 0.717) is 11.7 Å². The quantitative estimate of drug-likeness (QED) is 0.717. The van der Waals surface area contributed by atoms with Gasteiger partial charge in [0.2, 0.25) is 0 Å².